The van der Waals surface area contributed by atoms with Gasteiger partial charge >= 0.3 is 5.97 Å². The van der Waals surface area contributed by atoms with E-state index in [1.807, 2.05) is 20.8 Å². The smallest absolute Gasteiger partial charge is 0.373 e. The number of carbonyl (C=O) groups is 2. The minimum absolute atomic E-state index is 0.0422. The summed E-state index contributed by atoms with van der Waals surface area (Å²) in [4.78, 5) is 24.0. The van der Waals surface area contributed by atoms with Crippen LogP contribution in [-0.4, -0.2) is 23.5 Å². The second-order valence-electron chi connectivity index (χ2n) is 5.96. The Morgan fingerprint density at radius 1 is 1.44 bits per heavy atom. The Bertz CT molecular complexity index is 447. The molecule has 2 fully saturated rings. The molecule has 2 bridgehead atoms. The molecule has 2 rings (SSSR count). The van der Waals surface area contributed by atoms with Crippen molar-refractivity contribution in [2.45, 2.75) is 40.5 Å². The van der Waals surface area contributed by atoms with Gasteiger partial charge in [0.1, 0.15) is 0 Å². The number of aliphatic hydroxyl groups is 1. The maximum atomic E-state index is 12.4. The lowest BCUT2D eigenvalue weighted by atomic mass is 9.70. The Morgan fingerprint density at radius 3 is 2.50 bits per heavy atom. The quantitative estimate of drug-likeness (QED) is 0.465. The van der Waals surface area contributed by atoms with Crippen LogP contribution in [0.3, 0.4) is 0 Å². The second kappa shape index (κ2) is 3.84. The van der Waals surface area contributed by atoms with Gasteiger partial charge < -0.3 is 9.84 Å². The number of ketones is 1. The molecule has 0 unspecified atom stereocenters. The Morgan fingerprint density at radius 2 is 2.06 bits per heavy atom. The molecule has 1 N–H and O–H groups in total. The zero-order chi connectivity index (χ0) is 13.7. The highest BCUT2D eigenvalue weighted by Crippen LogP contribution is 2.65. The minimum atomic E-state index is -0.784. The van der Waals surface area contributed by atoms with E-state index in [-0.39, 0.29) is 29.3 Å². The highest BCUT2D eigenvalue weighted by Gasteiger charge is 2.65. The minimum Gasteiger partial charge on any atom is -0.502 e. The number of Topliss-reactive ketones (excluding diaryl/α,β-unsaturated/α-hetero) is 1. The number of carbonyl (C=O) groups excluding carboxylic acids is 2. The Kier molecular flexibility index (Phi) is 2.80. The first-order valence-corrected chi connectivity index (χ1v) is 6.42. The van der Waals surface area contributed by atoms with Gasteiger partial charge in [-0.3, -0.25) is 4.79 Å². The summed E-state index contributed by atoms with van der Waals surface area (Å²) in [6.07, 6.45) is 1.66. The standard InChI is InChI=1S/C14H20O4/c1-5-18-12(17)10(15)9-8-6-7-14(4,11(9)16)13(8,2)3/h8,15H,5-7H2,1-4H3/t8-,14-/m0/s1. The second-order valence-corrected chi connectivity index (χ2v) is 5.96. The molecule has 2 aliphatic carbocycles. The summed E-state index contributed by atoms with van der Waals surface area (Å²) in [6, 6.07) is 0. The lowest BCUT2D eigenvalue weighted by Gasteiger charge is -2.31. The van der Waals surface area contributed by atoms with Crippen LogP contribution in [0.2, 0.25) is 0 Å². The number of rotatable bonds is 2. The van der Waals surface area contributed by atoms with Crippen molar-refractivity contribution < 1.29 is 19.4 Å². The summed E-state index contributed by atoms with van der Waals surface area (Å²) in [5, 5.41) is 9.97. The summed E-state index contributed by atoms with van der Waals surface area (Å²) in [6.45, 7) is 7.86. The van der Waals surface area contributed by atoms with E-state index in [0.717, 1.165) is 12.8 Å². The maximum absolute atomic E-state index is 12.4. The molecule has 0 spiro atoms. The van der Waals surface area contributed by atoms with Gasteiger partial charge in [-0.25, -0.2) is 4.79 Å². The van der Waals surface area contributed by atoms with Crippen molar-refractivity contribution in [2.24, 2.45) is 16.7 Å². The van der Waals surface area contributed by atoms with Gasteiger partial charge in [0, 0.05) is 11.0 Å². The third-order valence-electron chi connectivity index (χ3n) is 5.04. The van der Waals surface area contributed by atoms with Crippen LogP contribution in [0.15, 0.2) is 11.3 Å². The molecule has 2 atom stereocenters. The Balaban J connectivity index is 2.47. The van der Waals surface area contributed by atoms with Gasteiger partial charge in [-0.1, -0.05) is 20.8 Å². The third kappa shape index (κ3) is 1.38. The summed E-state index contributed by atoms with van der Waals surface area (Å²) in [5.41, 5.74) is -0.389. The molecule has 0 aromatic heterocycles. The molecule has 0 heterocycles. The van der Waals surface area contributed by atoms with Gasteiger partial charge in [0.25, 0.3) is 0 Å². The largest absolute Gasteiger partial charge is 0.502 e. The zero-order valence-corrected chi connectivity index (χ0v) is 11.4. The fraction of sp³-hybridized carbons (Fsp3) is 0.714. The molecule has 2 aliphatic rings. The van der Waals surface area contributed by atoms with Crippen molar-refractivity contribution in [1.82, 2.24) is 0 Å². The van der Waals surface area contributed by atoms with Gasteiger partial charge in [0.05, 0.1) is 6.61 Å². The summed E-state index contributed by atoms with van der Waals surface area (Å²) >= 11 is 0. The van der Waals surface area contributed by atoms with E-state index in [4.69, 9.17) is 4.74 Å². The van der Waals surface area contributed by atoms with Gasteiger partial charge in [0.15, 0.2) is 5.78 Å². The molecule has 0 aromatic carbocycles. The monoisotopic (exact) mass is 252 g/mol. The number of fused-ring (bicyclic) bond motifs is 2. The fourth-order valence-electron chi connectivity index (χ4n) is 3.45. The molecule has 2 saturated carbocycles. The predicted molar refractivity (Wildman–Crippen MR) is 65.9 cm³/mol. The molecular weight excluding hydrogens is 232 g/mol. The molecule has 100 valence electrons. The highest BCUT2D eigenvalue weighted by atomic mass is 16.5. The fourth-order valence-corrected chi connectivity index (χ4v) is 3.45. The molecule has 4 heteroatoms. The number of aliphatic hydroxyl groups excluding tert-OH is 1. The molecule has 0 aliphatic heterocycles. The SMILES string of the molecule is CCOC(=O)C(O)=C1C(=O)[C@]2(C)CC[C@@H]1C2(C)C. The normalized spacial score (nSPS) is 35.8. The summed E-state index contributed by atoms with van der Waals surface area (Å²) < 4.78 is 4.77. The van der Waals surface area contributed by atoms with E-state index in [1.165, 1.54) is 0 Å². The van der Waals surface area contributed by atoms with Crippen LogP contribution >= 0.6 is 0 Å². The molecule has 4 nitrogen and oxygen atoms in total. The number of hydrogen-bond acceptors (Lipinski definition) is 4. The molecule has 0 amide bonds. The molecular formula is C14H20O4. The van der Waals surface area contributed by atoms with Crippen LogP contribution < -0.4 is 0 Å². The molecule has 0 aromatic rings. The van der Waals surface area contributed by atoms with Gasteiger partial charge in [0.2, 0.25) is 5.76 Å². The number of esters is 1. The third-order valence-corrected chi connectivity index (χ3v) is 5.04. The van der Waals surface area contributed by atoms with Crippen molar-refractivity contribution in [2.75, 3.05) is 6.61 Å². The van der Waals surface area contributed by atoms with E-state index in [0.29, 0.717) is 0 Å². The molecule has 0 saturated heterocycles. The van der Waals surface area contributed by atoms with E-state index in [2.05, 4.69) is 0 Å². The van der Waals surface area contributed by atoms with Crippen molar-refractivity contribution >= 4 is 11.8 Å². The Labute approximate surface area is 107 Å². The topological polar surface area (TPSA) is 63.6 Å². The van der Waals surface area contributed by atoms with Gasteiger partial charge in [-0.15, -0.1) is 0 Å². The Hall–Kier alpha value is -1.32. The maximum Gasteiger partial charge on any atom is 0.373 e. The summed E-state index contributed by atoms with van der Waals surface area (Å²) in [7, 11) is 0. The first-order chi connectivity index (χ1) is 8.27. The lowest BCUT2D eigenvalue weighted by molar-refractivity contribution is -0.142. The van der Waals surface area contributed by atoms with E-state index < -0.39 is 17.1 Å². The number of allylic oxidation sites excluding steroid dienone is 1. The van der Waals surface area contributed by atoms with Crippen LogP contribution in [-0.2, 0) is 14.3 Å². The van der Waals surface area contributed by atoms with Crippen molar-refractivity contribution in [3.05, 3.63) is 11.3 Å². The molecule has 18 heavy (non-hydrogen) atoms. The van der Waals surface area contributed by atoms with Crippen molar-refractivity contribution in [3.8, 4) is 0 Å². The first-order valence-electron chi connectivity index (χ1n) is 6.42. The first kappa shape index (κ1) is 13.1. The number of hydrogen-bond donors (Lipinski definition) is 1. The van der Waals surface area contributed by atoms with E-state index in [1.54, 1.807) is 6.92 Å². The lowest BCUT2D eigenvalue weighted by Crippen LogP contribution is -2.32. The summed E-state index contributed by atoms with van der Waals surface area (Å²) in [5.74, 6) is -1.40. The van der Waals surface area contributed by atoms with Crippen LogP contribution in [0, 0.1) is 16.7 Å². The van der Waals surface area contributed by atoms with Crippen molar-refractivity contribution in [1.29, 1.82) is 0 Å². The average molecular weight is 252 g/mol. The predicted octanol–water partition coefficient (Wildman–Crippen LogP) is 2.39. The van der Waals surface area contributed by atoms with Gasteiger partial charge in [-0.05, 0) is 31.1 Å². The van der Waals surface area contributed by atoms with Crippen LogP contribution in [0.1, 0.15) is 40.5 Å². The zero-order valence-electron chi connectivity index (χ0n) is 11.4. The van der Waals surface area contributed by atoms with Crippen LogP contribution in [0.4, 0.5) is 0 Å². The van der Waals surface area contributed by atoms with Crippen LogP contribution in [0.5, 0.6) is 0 Å². The van der Waals surface area contributed by atoms with Crippen molar-refractivity contribution in [3.63, 3.8) is 0 Å². The average Bonchev–Trinajstić information content (AvgIpc) is 2.60. The highest BCUT2D eigenvalue weighted by molar-refractivity contribution is 6.09. The van der Waals surface area contributed by atoms with E-state index >= 15 is 0 Å². The van der Waals surface area contributed by atoms with Gasteiger partial charge in [-0.2, -0.15) is 0 Å². The van der Waals surface area contributed by atoms with Crippen LogP contribution in [0.25, 0.3) is 0 Å². The molecule has 0 radical (unpaired) electrons. The number of ether oxygens (including phenoxy) is 1. The van der Waals surface area contributed by atoms with E-state index in [9.17, 15) is 14.7 Å².